The highest BCUT2D eigenvalue weighted by atomic mass is 35.5. The molecule has 0 heterocycles. The summed E-state index contributed by atoms with van der Waals surface area (Å²) in [6.07, 6.45) is -4.74. The lowest BCUT2D eigenvalue weighted by atomic mass is 10.1. The van der Waals surface area contributed by atoms with Crippen molar-refractivity contribution in [3.63, 3.8) is 0 Å². The molecule has 0 saturated heterocycles. The van der Waals surface area contributed by atoms with Crippen LogP contribution in [0.2, 0.25) is 5.02 Å². The third-order valence-corrected chi connectivity index (χ3v) is 8.35. The largest absolute Gasteiger partial charge is 0.416 e. The fraction of sp³-hybridized carbons (Fsp3) is 0.129. The highest BCUT2D eigenvalue weighted by molar-refractivity contribution is 7.92. The van der Waals surface area contributed by atoms with Crippen LogP contribution in [0.15, 0.2) is 107 Å². The van der Waals surface area contributed by atoms with Crippen molar-refractivity contribution in [2.24, 2.45) is 5.10 Å². The van der Waals surface area contributed by atoms with Crippen molar-refractivity contribution in [1.29, 1.82) is 0 Å². The predicted molar refractivity (Wildman–Crippen MR) is 163 cm³/mol. The minimum absolute atomic E-state index is 0.204. The number of aryl methyl sites for hydroxylation is 1. The second kappa shape index (κ2) is 13.3. The Hall–Kier alpha value is -4.68. The van der Waals surface area contributed by atoms with Gasteiger partial charge in [0, 0.05) is 16.3 Å². The molecular weight excluding hydrogens is 617 g/mol. The zero-order valence-corrected chi connectivity index (χ0v) is 25.0. The average molecular weight is 643 g/mol. The number of sulfonamides is 1. The van der Waals surface area contributed by atoms with Gasteiger partial charge in [0.15, 0.2) is 0 Å². The Labute approximate surface area is 257 Å². The Bertz CT molecular complexity index is 1830. The van der Waals surface area contributed by atoms with Crippen LogP contribution in [0.4, 0.5) is 24.5 Å². The van der Waals surface area contributed by atoms with Gasteiger partial charge in [0.1, 0.15) is 6.54 Å². The van der Waals surface area contributed by atoms with Gasteiger partial charge in [-0.3, -0.25) is 13.9 Å². The summed E-state index contributed by atoms with van der Waals surface area (Å²) in [5.41, 5.74) is 3.24. The van der Waals surface area contributed by atoms with E-state index in [9.17, 15) is 31.2 Å². The van der Waals surface area contributed by atoms with Crippen LogP contribution < -0.4 is 15.0 Å². The van der Waals surface area contributed by atoms with E-state index in [2.05, 4.69) is 15.8 Å². The fourth-order valence-electron chi connectivity index (χ4n) is 4.02. The van der Waals surface area contributed by atoms with Gasteiger partial charge in [-0.15, -0.1) is 0 Å². The third kappa shape index (κ3) is 8.03. The number of nitrogens with zero attached hydrogens (tertiary/aromatic N) is 2. The van der Waals surface area contributed by atoms with E-state index < -0.39 is 40.1 Å². The van der Waals surface area contributed by atoms with Crippen LogP contribution in [0.25, 0.3) is 0 Å². The maximum atomic E-state index is 13.5. The molecule has 0 saturated carbocycles. The molecule has 228 valence electrons. The van der Waals surface area contributed by atoms with Gasteiger partial charge in [0.2, 0.25) is 0 Å². The van der Waals surface area contributed by atoms with E-state index in [0.717, 1.165) is 17.7 Å². The van der Waals surface area contributed by atoms with Crippen LogP contribution in [0.3, 0.4) is 0 Å². The standard InChI is InChI=1S/C31H26ClF3N4O4S/c1-20-12-14-28(15-13-20)44(42,43)39(27-11-5-8-24(18-27)31(33,34)35)19-29(40)38-37-21(2)22-6-4-10-26(17-22)36-30(41)23-7-3-9-25(32)16-23/h3-18H,19H2,1-2H3,(H,36,41)(H,38,40)/b37-21-. The first-order chi connectivity index (χ1) is 20.7. The molecule has 13 heteroatoms. The van der Waals surface area contributed by atoms with E-state index in [1.165, 1.54) is 36.4 Å². The smallest absolute Gasteiger partial charge is 0.322 e. The summed E-state index contributed by atoms with van der Waals surface area (Å²) in [6.45, 7) is 2.47. The van der Waals surface area contributed by atoms with Gasteiger partial charge >= 0.3 is 6.18 Å². The lowest BCUT2D eigenvalue weighted by Crippen LogP contribution is -2.40. The number of carbonyl (C=O) groups excluding carboxylic acids is 2. The Morgan fingerprint density at radius 1 is 0.886 bits per heavy atom. The first-order valence-electron chi connectivity index (χ1n) is 13.0. The van der Waals surface area contributed by atoms with Gasteiger partial charge in [-0.2, -0.15) is 18.3 Å². The monoisotopic (exact) mass is 642 g/mol. The normalized spacial score (nSPS) is 12.0. The number of hydrogen-bond donors (Lipinski definition) is 2. The van der Waals surface area contributed by atoms with Crippen molar-refractivity contribution in [3.8, 4) is 0 Å². The lowest BCUT2D eigenvalue weighted by molar-refractivity contribution is -0.137. The van der Waals surface area contributed by atoms with Gasteiger partial charge in [-0.05, 0) is 80.1 Å². The Kier molecular flexibility index (Phi) is 9.75. The van der Waals surface area contributed by atoms with Crippen molar-refractivity contribution in [2.45, 2.75) is 24.9 Å². The molecule has 4 aromatic carbocycles. The molecule has 0 atom stereocenters. The highest BCUT2D eigenvalue weighted by Crippen LogP contribution is 2.33. The summed E-state index contributed by atoms with van der Waals surface area (Å²) < 4.78 is 68.0. The van der Waals surface area contributed by atoms with E-state index in [1.807, 2.05) is 0 Å². The molecule has 8 nitrogen and oxygen atoms in total. The number of carbonyl (C=O) groups is 2. The number of alkyl halides is 3. The van der Waals surface area contributed by atoms with Crippen molar-refractivity contribution >= 4 is 50.5 Å². The van der Waals surface area contributed by atoms with Gasteiger partial charge in [-0.1, -0.05) is 53.6 Å². The summed E-state index contributed by atoms with van der Waals surface area (Å²) in [5, 5.41) is 7.19. The van der Waals surface area contributed by atoms with Crippen LogP contribution in [0, 0.1) is 6.92 Å². The molecule has 0 bridgehead atoms. The molecule has 44 heavy (non-hydrogen) atoms. The molecule has 0 radical (unpaired) electrons. The van der Waals surface area contributed by atoms with Crippen molar-refractivity contribution in [1.82, 2.24) is 5.43 Å². The number of nitrogens with one attached hydrogen (secondary N) is 2. The van der Waals surface area contributed by atoms with E-state index >= 15 is 0 Å². The number of rotatable bonds is 9. The van der Waals surface area contributed by atoms with Crippen LogP contribution in [-0.4, -0.2) is 32.5 Å². The highest BCUT2D eigenvalue weighted by Gasteiger charge is 2.33. The number of amides is 2. The van der Waals surface area contributed by atoms with Crippen molar-refractivity contribution < 1.29 is 31.2 Å². The minimum atomic E-state index is -4.74. The molecule has 0 aromatic heterocycles. The number of hydrazone groups is 1. The van der Waals surface area contributed by atoms with E-state index in [4.69, 9.17) is 11.6 Å². The summed E-state index contributed by atoms with van der Waals surface area (Å²) in [5.74, 6) is -1.29. The quantitative estimate of drug-likeness (QED) is 0.157. The molecule has 0 spiro atoms. The van der Waals surface area contributed by atoms with E-state index in [0.29, 0.717) is 37.9 Å². The second-order valence-corrected chi connectivity index (χ2v) is 11.9. The number of benzene rings is 4. The minimum Gasteiger partial charge on any atom is -0.322 e. The molecule has 0 fully saturated rings. The molecule has 2 N–H and O–H groups in total. The Morgan fingerprint density at radius 2 is 1.55 bits per heavy atom. The van der Waals surface area contributed by atoms with Gasteiger partial charge in [0.05, 0.1) is 21.9 Å². The van der Waals surface area contributed by atoms with Crippen LogP contribution in [0.5, 0.6) is 0 Å². The summed E-state index contributed by atoms with van der Waals surface area (Å²) >= 11 is 5.96. The zero-order valence-electron chi connectivity index (χ0n) is 23.4. The van der Waals surface area contributed by atoms with E-state index in [-0.39, 0.29) is 10.6 Å². The summed E-state index contributed by atoms with van der Waals surface area (Å²) in [6, 6.07) is 22.4. The topological polar surface area (TPSA) is 108 Å². The number of halogens is 4. The first-order valence-corrected chi connectivity index (χ1v) is 14.8. The second-order valence-electron chi connectivity index (χ2n) is 9.65. The maximum absolute atomic E-state index is 13.5. The fourth-order valence-corrected chi connectivity index (χ4v) is 5.62. The first kappa shape index (κ1) is 32.2. The molecule has 0 aliphatic carbocycles. The molecule has 0 aliphatic heterocycles. The van der Waals surface area contributed by atoms with Gasteiger partial charge < -0.3 is 5.32 Å². The summed E-state index contributed by atoms with van der Waals surface area (Å²) in [7, 11) is -4.45. The number of anilines is 2. The number of hydrogen-bond acceptors (Lipinski definition) is 5. The summed E-state index contributed by atoms with van der Waals surface area (Å²) in [4.78, 5) is 25.3. The molecule has 4 aromatic rings. The van der Waals surface area contributed by atoms with Crippen molar-refractivity contribution in [3.05, 3.63) is 124 Å². The Balaban J connectivity index is 1.55. The zero-order chi connectivity index (χ0) is 32.1. The molecule has 0 aliphatic rings. The molecular formula is C31H26ClF3N4O4S. The van der Waals surface area contributed by atoms with Gasteiger partial charge in [0.25, 0.3) is 21.8 Å². The van der Waals surface area contributed by atoms with Gasteiger partial charge in [-0.25, -0.2) is 13.8 Å². The molecule has 4 rings (SSSR count). The third-order valence-electron chi connectivity index (χ3n) is 6.33. The SMILES string of the molecule is C/C(=N/NC(=O)CN(c1cccc(C(F)(F)F)c1)S(=O)(=O)c1ccc(C)cc1)c1cccc(NC(=O)c2cccc(Cl)c2)c1. The predicted octanol–water partition coefficient (Wildman–Crippen LogP) is 6.66. The molecule has 0 unspecified atom stereocenters. The average Bonchev–Trinajstić information content (AvgIpc) is 2.98. The Morgan fingerprint density at radius 3 is 2.23 bits per heavy atom. The van der Waals surface area contributed by atoms with Crippen molar-refractivity contribution in [2.75, 3.05) is 16.2 Å². The molecule has 2 amide bonds. The maximum Gasteiger partial charge on any atom is 0.416 e. The van der Waals surface area contributed by atoms with Crippen LogP contribution in [0.1, 0.15) is 34.0 Å². The lowest BCUT2D eigenvalue weighted by Gasteiger charge is -2.24. The van der Waals surface area contributed by atoms with E-state index in [1.54, 1.807) is 56.3 Å². The van der Waals surface area contributed by atoms with Crippen LogP contribution >= 0.6 is 11.6 Å². The van der Waals surface area contributed by atoms with Crippen LogP contribution in [-0.2, 0) is 21.0 Å².